The highest BCUT2D eigenvalue weighted by atomic mass is 19.4. The molecule has 0 aliphatic carbocycles. The number of amides is 2. The van der Waals surface area contributed by atoms with E-state index in [-0.39, 0.29) is 22.9 Å². The number of benzene rings is 1. The van der Waals surface area contributed by atoms with E-state index in [1.54, 1.807) is 4.90 Å². The van der Waals surface area contributed by atoms with Gasteiger partial charge < -0.3 is 9.80 Å². The van der Waals surface area contributed by atoms with Crippen LogP contribution in [0, 0.1) is 0 Å². The van der Waals surface area contributed by atoms with Gasteiger partial charge in [0.1, 0.15) is 0 Å². The number of alkyl halides is 3. The molecule has 2 aliphatic heterocycles. The highest BCUT2D eigenvalue weighted by Crippen LogP contribution is 2.37. The summed E-state index contributed by atoms with van der Waals surface area (Å²) in [6, 6.07) is 4.34. The van der Waals surface area contributed by atoms with E-state index in [2.05, 4.69) is 0 Å². The quantitative estimate of drug-likeness (QED) is 0.798. The van der Waals surface area contributed by atoms with E-state index in [0.717, 1.165) is 37.8 Å². The number of carbonyl (C=O) groups is 2. The Balaban J connectivity index is 1.79. The van der Waals surface area contributed by atoms with Crippen LogP contribution in [0.4, 0.5) is 13.2 Å². The third kappa shape index (κ3) is 3.44. The Morgan fingerprint density at radius 1 is 1.15 bits per heavy atom. The zero-order chi connectivity index (χ0) is 18.9. The molecule has 1 atom stereocenters. The minimum atomic E-state index is -4.42. The number of rotatable bonds is 2. The lowest BCUT2D eigenvalue weighted by atomic mass is 9.79. The lowest BCUT2D eigenvalue weighted by Crippen LogP contribution is -2.63. The molecule has 2 saturated heterocycles. The normalized spacial score (nSPS) is 24.2. The van der Waals surface area contributed by atoms with Crippen LogP contribution in [-0.4, -0.2) is 46.8 Å². The summed E-state index contributed by atoms with van der Waals surface area (Å²) >= 11 is 0. The van der Waals surface area contributed by atoms with Crippen molar-refractivity contribution in [3.8, 4) is 0 Å². The first-order valence-corrected chi connectivity index (χ1v) is 9.04. The third-order valence-corrected chi connectivity index (χ3v) is 5.52. The van der Waals surface area contributed by atoms with Gasteiger partial charge in [0, 0.05) is 31.6 Å². The van der Waals surface area contributed by atoms with Crippen LogP contribution in [-0.2, 0) is 11.0 Å². The Morgan fingerprint density at radius 2 is 1.81 bits per heavy atom. The van der Waals surface area contributed by atoms with Crippen molar-refractivity contribution >= 4 is 11.8 Å². The van der Waals surface area contributed by atoms with Crippen molar-refractivity contribution in [2.45, 2.75) is 50.7 Å². The fourth-order valence-electron chi connectivity index (χ4n) is 4.31. The monoisotopic (exact) mass is 368 g/mol. The number of nitrogens with zero attached hydrogens (tertiary/aromatic N) is 2. The van der Waals surface area contributed by atoms with Crippen molar-refractivity contribution in [2.75, 3.05) is 19.6 Å². The van der Waals surface area contributed by atoms with Gasteiger partial charge in [-0.3, -0.25) is 9.59 Å². The lowest BCUT2D eigenvalue weighted by Gasteiger charge is -2.52. The van der Waals surface area contributed by atoms with Gasteiger partial charge >= 0.3 is 6.18 Å². The molecule has 1 aromatic rings. The number of likely N-dealkylation sites (tertiary alicyclic amines) is 2. The maximum Gasteiger partial charge on any atom is 0.416 e. The van der Waals surface area contributed by atoms with Crippen molar-refractivity contribution in [1.29, 1.82) is 0 Å². The molecule has 0 radical (unpaired) electrons. The molecule has 0 bridgehead atoms. The van der Waals surface area contributed by atoms with Gasteiger partial charge in [-0.15, -0.1) is 0 Å². The summed E-state index contributed by atoms with van der Waals surface area (Å²) in [5, 5.41) is 0. The minimum Gasteiger partial charge on any atom is -0.336 e. The first kappa shape index (κ1) is 18.7. The molecule has 0 N–H and O–H groups in total. The summed E-state index contributed by atoms with van der Waals surface area (Å²) in [6.07, 6.45) is -0.538. The molecule has 2 amide bonds. The Hall–Kier alpha value is -2.05. The summed E-state index contributed by atoms with van der Waals surface area (Å²) in [5.41, 5.74) is -0.844. The zero-order valence-electron chi connectivity index (χ0n) is 14.8. The fourth-order valence-corrected chi connectivity index (χ4v) is 4.31. The van der Waals surface area contributed by atoms with E-state index in [9.17, 15) is 22.8 Å². The molecular weight excluding hydrogens is 345 g/mol. The van der Waals surface area contributed by atoms with E-state index in [4.69, 9.17) is 0 Å². The van der Waals surface area contributed by atoms with Crippen molar-refractivity contribution in [3.05, 3.63) is 35.4 Å². The Morgan fingerprint density at radius 3 is 2.42 bits per heavy atom. The number of halogens is 3. The number of hydrogen-bond donors (Lipinski definition) is 0. The maximum atomic E-state index is 12.8. The summed E-state index contributed by atoms with van der Waals surface area (Å²) < 4.78 is 38.1. The van der Waals surface area contributed by atoms with Crippen LogP contribution in [0.15, 0.2) is 24.3 Å². The van der Waals surface area contributed by atoms with Gasteiger partial charge in [0.2, 0.25) is 5.91 Å². The molecule has 2 heterocycles. The average Bonchev–Trinajstić information content (AvgIpc) is 2.61. The van der Waals surface area contributed by atoms with Crippen molar-refractivity contribution in [1.82, 2.24) is 9.80 Å². The van der Waals surface area contributed by atoms with Crippen LogP contribution in [0.2, 0.25) is 0 Å². The zero-order valence-corrected chi connectivity index (χ0v) is 14.8. The lowest BCUT2D eigenvalue weighted by molar-refractivity contribution is -0.144. The predicted molar refractivity (Wildman–Crippen MR) is 90.6 cm³/mol. The van der Waals surface area contributed by atoms with Crippen LogP contribution < -0.4 is 0 Å². The SMILES string of the molecule is CCN1C(=O)CCC[C@]12CCCN(C(=O)c1ccc(C(F)(F)F)cc1)C2. The van der Waals surface area contributed by atoms with Gasteiger partial charge in [0.15, 0.2) is 0 Å². The fraction of sp³-hybridized carbons (Fsp3) is 0.579. The summed E-state index contributed by atoms with van der Waals surface area (Å²) in [7, 11) is 0. The molecule has 3 rings (SSSR count). The van der Waals surface area contributed by atoms with Crippen molar-refractivity contribution in [2.24, 2.45) is 0 Å². The Bertz CT molecular complexity index is 683. The summed E-state index contributed by atoms with van der Waals surface area (Å²) in [5.74, 6) is -0.144. The highest BCUT2D eigenvalue weighted by Gasteiger charge is 2.45. The van der Waals surface area contributed by atoms with E-state index in [0.29, 0.717) is 26.1 Å². The highest BCUT2D eigenvalue weighted by molar-refractivity contribution is 5.94. The molecule has 1 spiro atoms. The number of likely N-dealkylation sites (N-methyl/N-ethyl adjacent to an activating group) is 1. The van der Waals surface area contributed by atoms with Gasteiger partial charge in [-0.2, -0.15) is 13.2 Å². The molecule has 2 aliphatic rings. The first-order chi connectivity index (χ1) is 12.3. The molecular formula is C19H23F3N2O2. The van der Waals surface area contributed by atoms with E-state index >= 15 is 0 Å². The van der Waals surface area contributed by atoms with Crippen LogP contribution in [0.3, 0.4) is 0 Å². The molecule has 26 heavy (non-hydrogen) atoms. The third-order valence-electron chi connectivity index (χ3n) is 5.52. The smallest absolute Gasteiger partial charge is 0.336 e. The second-order valence-corrected chi connectivity index (χ2v) is 7.12. The Labute approximate surface area is 151 Å². The van der Waals surface area contributed by atoms with Crippen molar-refractivity contribution in [3.63, 3.8) is 0 Å². The molecule has 1 aromatic carbocycles. The second-order valence-electron chi connectivity index (χ2n) is 7.12. The summed E-state index contributed by atoms with van der Waals surface area (Å²) in [4.78, 5) is 28.7. The largest absolute Gasteiger partial charge is 0.416 e. The molecule has 142 valence electrons. The maximum absolute atomic E-state index is 12.8. The van der Waals surface area contributed by atoms with Gasteiger partial charge in [-0.1, -0.05) is 0 Å². The number of piperidine rings is 2. The van der Waals surface area contributed by atoms with Crippen LogP contribution in [0.1, 0.15) is 54.9 Å². The molecule has 0 unspecified atom stereocenters. The molecule has 2 fully saturated rings. The van der Waals surface area contributed by atoms with Crippen LogP contribution in [0.5, 0.6) is 0 Å². The van der Waals surface area contributed by atoms with E-state index < -0.39 is 11.7 Å². The van der Waals surface area contributed by atoms with Gasteiger partial charge in [0.25, 0.3) is 5.91 Å². The van der Waals surface area contributed by atoms with Crippen molar-refractivity contribution < 1.29 is 22.8 Å². The van der Waals surface area contributed by atoms with Crippen LogP contribution >= 0.6 is 0 Å². The van der Waals surface area contributed by atoms with Gasteiger partial charge in [-0.05, 0) is 56.9 Å². The van der Waals surface area contributed by atoms with E-state index in [1.807, 2.05) is 11.8 Å². The molecule has 0 saturated carbocycles. The van der Waals surface area contributed by atoms with Gasteiger partial charge in [-0.25, -0.2) is 0 Å². The molecule has 0 aromatic heterocycles. The average molecular weight is 368 g/mol. The van der Waals surface area contributed by atoms with E-state index in [1.165, 1.54) is 12.1 Å². The van der Waals surface area contributed by atoms with Crippen LogP contribution in [0.25, 0.3) is 0 Å². The topological polar surface area (TPSA) is 40.6 Å². The molecule has 7 heteroatoms. The Kier molecular flexibility index (Phi) is 4.99. The predicted octanol–water partition coefficient (Wildman–Crippen LogP) is 3.71. The molecule has 4 nitrogen and oxygen atoms in total. The standard InChI is InChI=1S/C19H23F3N2O2/c1-2-24-16(25)5-3-10-18(24)11-4-12-23(13-18)17(26)14-6-8-15(9-7-14)19(20,21)22/h6-9H,2-5,10-13H2,1H3/t18-/m1/s1. The minimum absolute atomic E-state index is 0.127. The van der Waals surface area contributed by atoms with Gasteiger partial charge in [0.05, 0.1) is 11.1 Å². The first-order valence-electron chi connectivity index (χ1n) is 9.04. The second kappa shape index (κ2) is 6.93. The summed E-state index contributed by atoms with van der Waals surface area (Å²) in [6.45, 7) is 3.57. The number of carbonyl (C=O) groups excluding carboxylic acids is 2. The number of hydrogen-bond acceptors (Lipinski definition) is 2.